The van der Waals surface area contributed by atoms with Gasteiger partial charge in [-0.1, -0.05) is 41.9 Å². The normalized spacial score (nSPS) is 20.2. The molecular formula is C24H28ClN3O2. The van der Waals surface area contributed by atoms with E-state index in [1.54, 1.807) is 0 Å². The van der Waals surface area contributed by atoms with Crippen LogP contribution in [0, 0.1) is 5.92 Å². The number of likely N-dealkylation sites (tertiary alicyclic amines) is 1. The molecule has 1 aromatic heterocycles. The number of imidazole rings is 1. The number of fused-ring (bicyclic) bond motifs is 1. The minimum atomic E-state index is -0.00717. The Morgan fingerprint density at radius 1 is 1.07 bits per heavy atom. The summed E-state index contributed by atoms with van der Waals surface area (Å²) in [4.78, 5) is 7.57. The van der Waals surface area contributed by atoms with Crippen LogP contribution in [-0.2, 0) is 16.0 Å². The Morgan fingerprint density at radius 3 is 2.53 bits per heavy atom. The Bertz CT molecular complexity index is 992. The van der Waals surface area contributed by atoms with E-state index >= 15 is 0 Å². The van der Waals surface area contributed by atoms with Crippen LogP contribution in [0.3, 0.4) is 0 Å². The fourth-order valence-electron chi connectivity index (χ4n) is 4.76. The average Bonchev–Trinajstić information content (AvgIpc) is 3.43. The van der Waals surface area contributed by atoms with Crippen LogP contribution in [-0.4, -0.2) is 47.0 Å². The summed E-state index contributed by atoms with van der Waals surface area (Å²) in [5.41, 5.74) is 3.37. The molecule has 2 saturated heterocycles. The fraction of sp³-hybridized carbons (Fsp3) is 0.458. The molecule has 1 atom stereocenters. The largest absolute Gasteiger partial charge is 0.350 e. The van der Waals surface area contributed by atoms with Crippen LogP contribution in [0.2, 0.25) is 5.02 Å². The molecular weight excluding hydrogens is 398 g/mol. The molecule has 6 heteroatoms. The second-order valence-electron chi connectivity index (χ2n) is 8.33. The van der Waals surface area contributed by atoms with E-state index < -0.39 is 0 Å². The van der Waals surface area contributed by atoms with Crippen LogP contribution in [0.1, 0.15) is 37.2 Å². The van der Waals surface area contributed by atoms with E-state index in [1.165, 1.54) is 5.56 Å². The van der Waals surface area contributed by atoms with Crippen molar-refractivity contribution in [3.63, 3.8) is 0 Å². The maximum atomic E-state index is 6.26. The zero-order valence-electron chi connectivity index (χ0n) is 17.3. The highest BCUT2D eigenvalue weighted by molar-refractivity contribution is 6.31. The predicted octanol–water partition coefficient (Wildman–Crippen LogP) is 4.88. The number of hydrogen-bond acceptors (Lipinski definition) is 4. The van der Waals surface area contributed by atoms with Crippen molar-refractivity contribution in [3.8, 4) is 0 Å². The molecule has 3 heterocycles. The van der Waals surface area contributed by atoms with Gasteiger partial charge in [0.25, 0.3) is 0 Å². The second-order valence-corrected chi connectivity index (χ2v) is 8.77. The zero-order valence-corrected chi connectivity index (χ0v) is 18.1. The van der Waals surface area contributed by atoms with Crippen molar-refractivity contribution in [2.75, 3.05) is 26.3 Å². The maximum absolute atomic E-state index is 6.26. The van der Waals surface area contributed by atoms with Crippen molar-refractivity contribution >= 4 is 22.6 Å². The maximum Gasteiger partial charge on any atom is 0.160 e. The summed E-state index contributed by atoms with van der Waals surface area (Å²) in [7, 11) is 0. The van der Waals surface area contributed by atoms with Gasteiger partial charge in [-0.05, 0) is 56.6 Å². The molecule has 0 spiro atoms. The molecule has 2 fully saturated rings. The number of halogens is 1. The lowest BCUT2D eigenvalue weighted by molar-refractivity contribution is -0.0994. The molecule has 30 heavy (non-hydrogen) atoms. The number of aromatic nitrogens is 2. The first-order valence-electron chi connectivity index (χ1n) is 10.9. The van der Waals surface area contributed by atoms with Gasteiger partial charge in [0.05, 0.1) is 30.3 Å². The van der Waals surface area contributed by atoms with Crippen LogP contribution in [0.5, 0.6) is 0 Å². The Labute approximate surface area is 182 Å². The molecule has 0 N–H and O–H groups in total. The van der Waals surface area contributed by atoms with Gasteiger partial charge in [-0.2, -0.15) is 0 Å². The molecule has 2 aromatic carbocycles. The average molecular weight is 426 g/mol. The van der Waals surface area contributed by atoms with Gasteiger partial charge in [0.2, 0.25) is 0 Å². The molecule has 2 aliphatic rings. The van der Waals surface area contributed by atoms with Crippen LogP contribution in [0.15, 0.2) is 48.5 Å². The third-order valence-corrected chi connectivity index (χ3v) is 6.69. The Morgan fingerprint density at radius 2 is 1.80 bits per heavy atom. The molecule has 0 bridgehead atoms. The van der Waals surface area contributed by atoms with E-state index in [1.807, 2.05) is 12.1 Å². The molecule has 2 aliphatic heterocycles. The van der Waals surface area contributed by atoms with Crippen molar-refractivity contribution in [2.45, 2.75) is 38.6 Å². The highest BCUT2D eigenvalue weighted by atomic mass is 35.5. The van der Waals surface area contributed by atoms with Crippen molar-refractivity contribution in [1.82, 2.24) is 14.5 Å². The van der Waals surface area contributed by atoms with E-state index in [4.69, 9.17) is 26.1 Å². The van der Waals surface area contributed by atoms with E-state index in [2.05, 4.69) is 52.8 Å². The van der Waals surface area contributed by atoms with Crippen molar-refractivity contribution < 1.29 is 9.47 Å². The summed E-state index contributed by atoms with van der Waals surface area (Å²) in [5.74, 6) is 1.60. The smallest absolute Gasteiger partial charge is 0.160 e. The van der Waals surface area contributed by atoms with Crippen LogP contribution < -0.4 is 0 Å². The Kier molecular flexibility index (Phi) is 5.79. The van der Waals surface area contributed by atoms with E-state index in [0.29, 0.717) is 5.92 Å². The summed E-state index contributed by atoms with van der Waals surface area (Å²) < 4.78 is 13.8. The summed E-state index contributed by atoms with van der Waals surface area (Å²) in [5, 5.41) is 0.725. The predicted molar refractivity (Wildman–Crippen MR) is 119 cm³/mol. The summed E-state index contributed by atoms with van der Waals surface area (Å²) in [6, 6.07) is 16.8. The first-order chi connectivity index (χ1) is 14.7. The first kappa shape index (κ1) is 20.0. The number of benzene rings is 2. The molecule has 5 rings (SSSR count). The van der Waals surface area contributed by atoms with Crippen molar-refractivity contribution in [1.29, 1.82) is 0 Å². The van der Waals surface area contributed by atoms with Gasteiger partial charge in [0, 0.05) is 17.5 Å². The van der Waals surface area contributed by atoms with E-state index in [-0.39, 0.29) is 12.3 Å². The quantitative estimate of drug-likeness (QED) is 0.583. The standard InChI is InChI=1S/C24H28ClN3O2/c1-17(27-11-9-19(10-12-27)24-29-13-14-30-24)23-26-21-15-20(25)7-8-22(21)28(23)16-18-5-3-2-4-6-18/h2-8,15,17,19,24H,9-14,16H2,1H3. The van der Waals surface area contributed by atoms with Crippen molar-refractivity contribution in [2.24, 2.45) is 5.92 Å². The first-order valence-corrected chi connectivity index (χ1v) is 11.2. The highest BCUT2D eigenvalue weighted by Gasteiger charge is 2.33. The molecule has 3 aromatic rings. The van der Waals surface area contributed by atoms with Gasteiger partial charge in [0.1, 0.15) is 5.82 Å². The lowest BCUT2D eigenvalue weighted by Gasteiger charge is -2.37. The Hall–Kier alpha value is -1.92. The number of piperidine rings is 1. The van der Waals surface area contributed by atoms with Gasteiger partial charge in [0.15, 0.2) is 6.29 Å². The van der Waals surface area contributed by atoms with E-state index in [0.717, 1.165) is 67.6 Å². The molecule has 0 amide bonds. The molecule has 1 unspecified atom stereocenters. The number of ether oxygens (including phenoxy) is 2. The SMILES string of the molecule is CC(c1nc2cc(Cl)ccc2n1Cc1ccccc1)N1CCC(C2OCCO2)CC1. The minimum Gasteiger partial charge on any atom is -0.350 e. The lowest BCUT2D eigenvalue weighted by Crippen LogP contribution is -2.40. The van der Waals surface area contributed by atoms with Gasteiger partial charge in [-0.25, -0.2) is 4.98 Å². The van der Waals surface area contributed by atoms with E-state index in [9.17, 15) is 0 Å². The van der Waals surface area contributed by atoms with Gasteiger partial charge >= 0.3 is 0 Å². The summed E-state index contributed by atoms with van der Waals surface area (Å²) >= 11 is 6.26. The lowest BCUT2D eigenvalue weighted by atomic mass is 9.95. The second kappa shape index (κ2) is 8.67. The zero-order chi connectivity index (χ0) is 20.5. The minimum absolute atomic E-state index is 0.00717. The molecule has 0 aliphatic carbocycles. The van der Waals surface area contributed by atoms with Crippen LogP contribution in [0.4, 0.5) is 0 Å². The molecule has 158 valence electrons. The highest BCUT2D eigenvalue weighted by Crippen LogP contribution is 2.32. The number of nitrogens with zero attached hydrogens (tertiary/aromatic N) is 3. The van der Waals surface area contributed by atoms with Gasteiger partial charge in [-0.15, -0.1) is 0 Å². The molecule has 0 radical (unpaired) electrons. The van der Waals surface area contributed by atoms with Crippen LogP contribution >= 0.6 is 11.6 Å². The topological polar surface area (TPSA) is 39.5 Å². The Balaban J connectivity index is 1.40. The fourth-order valence-corrected chi connectivity index (χ4v) is 4.93. The number of rotatable bonds is 5. The third kappa shape index (κ3) is 4.00. The van der Waals surface area contributed by atoms with Gasteiger partial charge in [-0.3, -0.25) is 4.90 Å². The molecule has 0 saturated carbocycles. The van der Waals surface area contributed by atoms with Gasteiger partial charge < -0.3 is 14.0 Å². The number of hydrogen-bond donors (Lipinski definition) is 0. The molecule has 5 nitrogen and oxygen atoms in total. The monoisotopic (exact) mass is 425 g/mol. The van der Waals surface area contributed by atoms with Crippen LogP contribution in [0.25, 0.3) is 11.0 Å². The summed E-state index contributed by atoms with van der Waals surface area (Å²) in [6.45, 7) is 6.60. The summed E-state index contributed by atoms with van der Waals surface area (Å²) in [6.07, 6.45) is 2.19. The third-order valence-electron chi connectivity index (χ3n) is 6.45. The van der Waals surface area contributed by atoms with Crippen molar-refractivity contribution in [3.05, 3.63) is 64.9 Å².